The van der Waals surface area contributed by atoms with Crippen molar-refractivity contribution in [3.63, 3.8) is 0 Å². The van der Waals surface area contributed by atoms with Crippen LogP contribution in [0.3, 0.4) is 0 Å². The van der Waals surface area contributed by atoms with Crippen LogP contribution in [0, 0.1) is 6.92 Å². The summed E-state index contributed by atoms with van der Waals surface area (Å²) >= 11 is 0. The van der Waals surface area contributed by atoms with Gasteiger partial charge in [0.1, 0.15) is 12.1 Å². The van der Waals surface area contributed by atoms with E-state index in [2.05, 4.69) is 37.5 Å². The quantitative estimate of drug-likeness (QED) is 0.446. The third kappa shape index (κ3) is 4.59. The van der Waals surface area contributed by atoms with Crippen molar-refractivity contribution in [2.45, 2.75) is 19.8 Å². The molecule has 3 heterocycles. The van der Waals surface area contributed by atoms with Crippen LogP contribution in [-0.2, 0) is 0 Å². The molecule has 33 heavy (non-hydrogen) atoms. The maximum Gasteiger partial charge on any atom is 0.251 e. The first-order valence-corrected chi connectivity index (χ1v) is 10.7. The molecular formula is C25H26N6O2. The molecule has 1 aromatic carbocycles. The lowest BCUT2D eigenvalue weighted by Crippen LogP contribution is -2.18. The molecule has 0 saturated carbocycles. The van der Waals surface area contributed by atoms with E-state index in [1.807, 2.05) is 37.3 Å². The molecule has 3 aromatic heterocycles. The van der Waals surface area contributed by atoms with Crippen molar-refractivity contribution >= 4 is 22.6 Å². The van der Waals surface area contributed by atoms with Gasteiger partial charge in [-0.15, -0.1) is 0 Å². The molecule has 8 heteroatoms. The first-order valence-electron chi connectivity index (χ1n) is 10.7. The molecule has 0 unspecified atom stereocenters. The van der Waals surface area contributed by atoms with Crippen LogP contribution in [0.2, 0.25) is 0 Å². The summed E-state index contributed by atoms with van der Waals surface area (Å²) in [6, 6.07) is 11.6. The molecule has 2 N–H and O–H groups in total. The number of benzene rings is 1. The summed E-state index contributed by atoms with van der Waals surface area (Å²) < 4.78 is 5.24. The summed E-state index contributed by atoms with van der Waals surface area (Å²) in [4.78, 5) is 29.9. The Morgan fingerprint density at radius 2 is 1.97 bits per heavy atom. The molecule has 0 aliphatic carbocycles. The summed E-state index contributed by atoms with van der Waals surface area (Å²) in [5, 5.41) is 6.93. The topological polar surface area (TPSA) is 102 Å². The van der Waals surface area contributed by atoms with Crippen LogP contribution < -0.4 is 15.4 Å². The number of ether oxygens (including phenoxy) is 1. The van der Waals surface area contributed by atoms with E-state index in [4.69, 9.17) is 4.74 Å². The first-order chi connectivity index (χ1) is 16.0. The average molecular weight is 443 g/mol. The first kappa shape index (κ1) is 22.1. The van der Waals surface area contributed by atoms with Gasteiger partial charge < -0.3 is 15.4 Å². The number of aryl methyl sites for hydroxylation is 1. The van der Waals surface area contributed by atoms with E-state index >= 15 is 0 Å². The van der Waals surface area contributed by atoms with Crippen molar-refractivity contribution < 1.29 is 9.53 Å². The van der Waals surface area contributed by atoms with E-state index in [0.29, 0.717) is 18.0 Å². The van der Waals surface area contributed by atoms with E-state index in [1.54, 1.807) is 32.6 Å². The molecule has 0 fully saturated rings. The molecule has 1 atom stereocenters. The number of amides is 1. The normalized spacial score (nSPS) is 11.8. The largest absolute Gasteiger partial charge is 0.481 e. The Hall–Kier alpha value is -4.07. The fourth-order valence-corrected chi connectivity index (χ4v) is 3.82. The molecule has 0 aliphatic rings. The highest BCUT2D eigenvalue weighted by Gasteiger charge is 2.15. The Bertz CT molecular complexity index is 1310. The van der Waals surface area contributed by atoms with Gasteiger partial charge in [-0.1, -0.05) is 25.1 Å². The number of hydrogen-bond donors (Lipinski definition) is 2. The number of pyridine rings is 2. The minimum absolute atomic E-state index is 0.123. The molecule has 1 amide bonds. The minimum atomic E-state index is -0.123. The number of methoxy groups -OCH3 is 1. The number of hydrogen-bond acceptors (Lipinski definition) is 7. The molecule has 8 nitrogen and oxygen atoms in total. The molecule has 0 saturated heterocycles. The smallest absolute Gasteiger partial charge is 0.251 e. The standard InChI is InChI=1S/C25H26N6O2/c1-15-10-17(13-29-25(15)33-4)21-11-22(31-14-30-21)28-12-16(2)18-6-5-7-19-20(24(32)26-3)8-9-27-23(18)19/h5-11,13-14,16H,12H2,1-4H3,(H,26,32)(H,28,30,31)/t16-/m1/s1. The predicted molar refractivity (Wildman–Crippen MR) is 129 cm³/mol. The molecule has 0 radical (unpaired) electrons. The van der Waals surface area contributed by atoms with Crippen LogP contribution in [0.15, 0.2) is 55.1 Å². The van der Waals surface area contributed by atoms with Crippen LogP contribution in [0.1, 0.15) is 34.3 Å². The Balaban J connectivity index is 1.55. The highest BCUT2D eigenvalue weighted by molar-refractivity contribution is 6.06. The van der Waals surface area contributed by atoms with E-state index in [1.165, 1.54) is 6.33 Å². The van der Waals surface area contributed by atoms with E-state index in [0.717, 1.165) is 39.1 Å². The number of nitrogens with zero attached hydrogens (tertiary/aromatic N) is 4. The lowest BCUT2D eigenvalue weighted by molar-refractivity contribution is 0.0964. The van der Waals surface area contributed by atoms with Crippen LogP contribution in [0.4, 0.5) is 5.82 Å². The third-order valence-electron chi connectivity index (χ3n) is 5.58. The summed E-state index contributed by atoms with van der Waals surface area (Å²) in [5.41, 5.74) is 5.13. The maximum atomic E-state index is 12.2. The molecular weight excluding hydrogens is 416 g/mol. The Labute approximate surface area is 192 Å². The highest BCUT2D eigenvalue weighted by Crippen LogP contribution is 2.27. The SMILES string of the molecule is CNC(=O)c1ccnc2c([C@H](C)CNc3cc(-c4cnc(OC)c(C)c4)ncn3)cccc12. The fourth-order valence-electron chi connectivity index (χ4n) is 3.82. The second-order valence-electron chi connectivity index (χ2n) is 7.80. The van der Waals surface area contributed by atoms with Crippen LogP contribution in [0.5, 0.6) is 5.88 Å². The van der Waals surface area contributed by atoms with Crippen LogP contribution in [-0.4, -0.2) is 46.5 Å². The number of rotatable bonds is 7. The number of aromatic nitrogens is 4. The van der Waals surface area contributed by atoms with Gasteiger partial charge in [0.25, 0.3) is 5.91 Å². The maximum absolute atomic E-state index is 12.2. The molecule has 0 bridgehead atoms. The zero-order chi connectivity index (χ0) is 23.4. The van der Waals surface area contributed by atoms with Gasteiger partial charge in [0, 0.05) is 54.5 Å². The predicted octanol–water partition coefficient (Wildman–Crippen LogP) is 3.98. The monoisotopic (exact) mass is 442 g/mol. The van der Waals surface area contributed by atoms with Crippen molar-refractivity contribution in [2.75, 3.05) is 26.0 Å². The zero-order valence-corrected chi connectivity index (χ0v) is 19.1. The van der Waals surface area contributed by atoms with Gasteiger partial charge in [0.15, 0.2) is 0 Å². The van der Waals surface area contributed by atoms with Gasteiger partial charge in [-0.2, -0.15) is 0 Å². The van der Waals surface area contributed by atoms with Crippen molar-refractivity contribution in [1.82, 2.24) is 25.3 Å². The van der Waals surface area contributed by atoms with Gasteiger partial charge in [-0.25, -0.2) is 15.0 Å². The van der Waals surface area contributed by atoms with Gasteiger partial charge >= 0.3 is 0 Å². The molecule has 0 aliphatic heterocycles. The Morgan fingerprint density at radius 3 is 2.73 bits per heavy atom. The average Bonchev–Trinajstić information content (AvgIpc) is 2.86. The lowest BCUT2D eigenvalue weighted by Gasteiger charge is -2.16. The fraction of sp³-hybridized carbons (Fsp3) is 0.240. The second kappa shape index (κ2) is 9.60. The van der Waals surface area contributed by atoms with E-state index in [-0.39, 0.29) is 11.8 Å². The Morgan fingerprint density at radius 1 is 1.12 bits per heavy atom. The summed E-state index contributed by atoms with van der Waals surface area (Å²) in [5.74, 6) is 1.33. The van der Waals surface area contributed by atoms with Gasteiger partial charge in [-0.05, 0) is 24.6 Å². The van der Waals surface area contributed by atoms with Gasteiger partial charge in [0.05, 0.1) is 23.9 Å². The number of para-hydroxylation sites is 1. The van der Waals surface area contributed by atoms with E-state index < -0.39 is 0 Å². The number of fused-ring (bicyclic) bond motifs is 1. The van der Waals surface area contributed by atoms with E-state index in [9.17, 15) is 4.79 Å². The van der Waals surface area contributed by atoms with Crippen molar-refractivity contribution in [3.05, 3.63) is 71.8 Å². The van der Waals surface area contributed by atoms with Crippen molar-refractivity contribution in [1.29, 1.82) is 0 Å². The molecule has 0 spiro atoms. The lowest BCUT2D eigenvalue weighted by atomic mass is 9.96. The number of carbonyl (C=O) groups excluding carboxylic acids is 1. The van der Waals surface area contributed by atoms with Crippen molar-refractivity contribution in [2.24, 2.45) is 0 Å². The van der Waals surface area contributed by atoms with Crippen LogP contribution >= 0.6 is 0 Å². The molecule has 168 valence electrons. The second-order valence-corrected chi connectivity index (χ2v) is 7.80. The third-order valence-corrected chi connectivity index (χ3v) is 5.58. The summed E-state index contributed by atoms with van der Waals surface area (Å²) in [7, 11) is 3.23. The summed E-state index contributed by atoms with van der Waals surface area (Å²) in [6.07, 6.45) is 4.96. The van der Waals surface area contributed by atoms with Crippen LogP contribution in [0.25, 0.3) is 22.2 Å². The summed E-state index contributed by atoms with van der Waals surface area (Å²) in [6.45, 7) is 4.71. The minimum Gasteiger partial charge on any atom is -0.481 e. The highest BCUT2D eigenvalue weighted by atomic mass is 16.5. The van der Waals surface area contributed by atoms with Crippen molar-refractivity contribution in [3.8, 4) is 17.1 Å². The van der Waals surface area contributed by atoms with Gasteiger partial charge in [0.2, 0.25) is 5.88 Å². The Kier molecular flexibility index (Phi) is 6.44. The van der Waals surface area contributed by atoms with Gasteiger partial charge in [-0.3, -0.25) is 9.78 Å². The molecule has 4 aromatic rings. The number of nitrogens with one attached hydrogen (secondary N) is 2. The number of anilines is 1. The number of carbonyl (C=O) groups is 1. The zero-order valence-electron chi connectivity index (χ0n) is 19.1. The molecule has 4 rings (SSSR count).